The van der Waals surface area contributed by atoms with Crippen molar-refractivity contribution in [2.24, 2.45) is 0 Å². The second kappa shape index (κ2) is 11.2. The van der Waals surface area contributed by atoms with Crippen LogP contribution in [0.3, 0.4) is 0 Å². The molecule has 1 atom stereocenters. The second-order valence-electron chi connectivity index (χ2n) is 8.16. The summed E-state index contributed by atoms with van der Waals surface area (Å²) < 4.78 is 5.89. The lowest BCUT2D eigenvalue weighted by atomic mass is 10.1. The van der Waals surface area contributed by atoms with Crippen molar-refractivity contribution in [2.75, 3.05) is 35.2 Å². The van der Waals surface area contributed by atoms with Crippen molar-refractivity contribution in [3.8, 4) is 5.75 Å². The summed E-state index contributed by atoms with van der Waals surface area (Å²) in [5.74, 6) is -0.300. The highest BCUT2D eigenvalue weighted by atomic mass is 16.5. The van der Waals surface area contributed by atoms with E-state index >= 15 is 0 Å². The van der Waals surface area contributed by atoms with Gasteiger partial charge in [-0.15, -0.1) is 0 Å². The molecule has 3 aromatic carbocycles. The van der Waals surface area contributed by atoms with E-state index in [9.17, 15) is 14.4 Å². The van der Waals surface area contributed by atoms with Crippen molar-refractivity contribution in [1.29, 1.82) is 0 Å². The zero-order chi connectivity index (χ0) is 24.6. The minimum absolute atomic E-state index is 0.00737. The average Bonchev–Trinajstić information content (AvgIpc) is 2.88. The van der Waals surface area contributed by atoms with E-state index in [4.69, 9.17) is 4.74 Å². The van der Waals surface area contributed by atoms with E-state index in [2.05, 4.69) is 16.0 Å². The maximum atomic E-state index is 13.0. The molecule has 0 bridgehead atoms. The third-order valence-corrected chi connectivity index (χ3v) is 5.51. The van der Waals surface area contributed by atoms with Crippen molar-refractivity contribution < 1.29 is 19.1 Å². The first-order valence-electron chi connectivity index (χ1n) is 11.6. The van der Waals surface area contributed by atoms with Gasteiger partial charge in [0.05, 0.1) is 30.0 Å². The van der Waals surface area contributed by atoms with E-state index in [-0.39, 0.29) is 30.8 Å². The number of nitrogens with zero attached hydrogens (tertiary/aromatic N) is 1. The van der Waals surface area contributed by atoms with Crippen LogP contribution in [-0.2, 0) is 9.59 Å². The third-order valence-electron chi connectivity index (χ3n) is 5.51. The van der Waals surface area contributed by atoms with Crippen LogP contribution >= 0.6 is 0 Å². The van der Waals surface area contributed by atoms with Crippen LogP contribution in [0.4, 0.5) is 17.1 Å². The van der Waals surface area contributed by atoms with Gasteiger partial charge in [-0.2, -0.15) is 0 Å². The molecular formula is C27H28N4O4. The highest BCUT2D eigenvalue weighted by Crippen LogP contribution is 2.33. The highest BCUT2D eigenvalue weighted by molar-refractivity contribution is 6.10. The summed E-state index contributed by atoms with van der Waals surface area (Å²) in [4.78, 5) is 40.3. The predicted octanol–water partition coefficient (Wildman–Crippen LogP) is 3.67. The molecule has 0 unspecified atom stereocenters. The lowest BCUT2D eigenvalue weighted by molar-refractivity contribution is -0.128. The maximum Gasteiger partial charge on any atom is 0.262 e. The van der Waals surface area contributed by atoms with E-state index < -0.39 is 6.10 Å². The first kappa shape index (κ1) is 23.8. The van der Waals surface area contributed by atoms with Gasteiger partial charge in [0.2, 0.25) is 5.91 Å². The summed E-state index contributed by atoms with van der Waals surface area (Å²) in [6, 6.07) is 23.3. The molecule has 0 saturated carbocycles. The summed E-state index contributed by atoms with van der Waals surface area (Å²) in [5, 5.41) is 8.54. The fourth-order valence-corrected chi connectivity index (χ4v) is 3.83. The van der Waals surface area contributed by atoms with Gasteiger partial charge in [0, 0.05) is 12.2 Å². The van der Waals surface area contributed by atoms with Crippen molar-refractivity contribution in [1.82, 2.24) is 5.32 Å². The SMILES string of the molecule is CCCNC(=O)[C@H]1CN(CC(=O)Nc2ccccc2C(=O)Nc2ccccc2)c2ccccc2O1. The standard InChI is InChI=1S/C27H28N4O4/c1-2-16-28-27(34)24-17-31(22-14-8-9-15-23(22)35-24)18-25(32)30-21-13-7-6-12-20(21)26(33)29-19-10-4-3-5-11-19/h3-15,24H,2,16-18H2,1H3,(H,28,34)(H,29,33)(H,30,32)/t24-/m1/s1. The van der Waals surface area contributed by atoms with E-state index in [1.807, 2.05) is 48.2 Å². The Kier molecular flexibility index (Phi) is 7.62. The molecule has 3 amide bonds. The summed E-state index contributed by atoms with van der Waals surface area (Å²) in [6.45, 7) is 2.76. The van der Waals surface area contributed by atoms with Gasteiger partial charge in [-0.1, -0.05) is 49.4 Å². The number of hydrogen-bond acceptors (Lipinski definition) is 5. The molecule has 0 aliphatic carbocycles. The van der Waals surface area contributed by atoms with Gasteiger partial charge in [-0.05, 0) is 42.8 Å². The number of carbonyl (C=O) groups excluding carboxylic acids is 3. The van der Waals surface area contributed by atoms with Gasteiger partial charge in [0.25, 0.3) is 11.8 Å². The molecule has 0 spiro atoms. The van der Waals surface area contributed by atoms with Crippen LogP contribution in [0.15, 0.2) is 78.9 Å². The largest absolute Gasteiger partial charge is 0.477 e. The van der Waals surface area contributed by atoms with E-state index in [0.717, 1.165) is 12.1 Å². The Morgan fingerprint density at radius 2 is 1.63 bits per heavy atom. The van der Waals surface area contributed by atoms with E-state index in [0.29, 0.717) is 29.2 Å². The fraction of sp³-hybridized carbons (Fsp3) is 0.222. The normalized spacial score (nSPS) is 14.3. The Morgan fingerprint density at radius 1 is 0.914 bits per heavy atom. The highest BCUT2D eigenvalue weighted by Gasteiger charge is 2.31. The molecule has 35 heavy (non-hydrogen) atoms. The number of rotatable bonds is 8. The van der Waals surface area contributed by atoms with Gasteiger partial charge in [0.15, 0.2) is 6.10 Å². The molecule has 8 heteroatoms. The Labute approximate surface area is 204 Å². The maximum absolute atomic E-state index is 13.0. The van der Waals surface area contributed by atoms with Crippen LogP contribution in [-0.4, -0.2) is 43.5 Å². The number of amides is 3. The molecule has 0 radical (unpaired) electrons. The molecule has 4 rings (SSSR count). The number of hydrogen-bond donors (Lipinski definition) is 3. The number of para-hydroxylation sites is 4. The summed E-state index contributed by atoms with van der Waals surface area (Å²) >= 11 is 0. The monoisotopic (exact) mass is 472 g/mol. The first-order valence-corrected chi connectivity index (χ1v) is 11.6. The van der Waals surface area contributed by atoms with Crippen LogP contribution in [0.1, 0.15) is 23.7 Å². The zero-order valence-electron chi connectivity index (χ0n) is 19.5. The molecule has 0 fully saturated rings. The minimum atomic E-state index is -0.729. The van der Waals surface area contributed by atoms with Gasteiger partial charge >= 0.3 is 0 Å². The molecular weight excluding hydrogens is 444 g/mol. The Hall–Kier alpha value is -4.33. The zero-order valence-corrected chi connectivity index (χ0v) is 19.5. The number of carbonyl (C=O) groups is 3. The van der Waals surface area contributed by atoms with Crippen LogP contribution < -0.4 is 25.6 Å². The lowest BCUT2D eigenvalue weighted by Crippen LogP contribution is -2.50. The van der Waals surface area contributed by atoms with E-state index in [1.165, 1.54) is 0 Å². The van der Waals surface area contributed by atoms with Gasteiger partial charge in [-0.3, -0.25) is 14.4 Å². The number of benzene rings is 3. The number of fused-ring (bicyclic) bond motifs is 1. The van der Waals surface area contributed by atoms with Crippen LogP contribution in [0.5, 0.6) is 5.75 Å². The third kappa shape index (κ3) is 5.97. The van der Waals surface area contributed by atoms with E-state index in [1.54, 1.807) is 42.5 Å². The molecule has 180 valence electrons. The Morgan fingerprint density at radius 3 is 2.43 bits per heavy atom. The average molecular weight is 473 g/mol. The Bertz CT molecular complexity index is 1200. The smallest absolute Gasteiger partial charge is 0.262 e. The Balaban J connectivity index is 1.47. The molecule has 1 heterocycles. The fourth-order valence-electron chi connectivity index (χ4n) is 3.83. The number of nitrogens with one attached hydrogen (secondary N) is 3. The van der Waals surface area contributed by atoms with Crippen LogP contribution in [0.2, 0.25) is 0 Å². The van der Waals surface area contributed by atoms with Crippen molar-refractivity contribution in [3.05, 3.63) is 84.4 Å². The van der Waals surface area contributed by atoms with Crippen molar-refractivity contribution in [2.45, 2.75) is 19.4 Å². The molecule has 3 aromatic rings. The molecule has 1 aliphatic rings. The molecule has 8 nitrogen and oxygen atoms in total. The summed E-state index contributed by atoms with van der Waals surface area (Å²) in [6.07, 6.45) is 0.0894. The summed E-state index contributed by atoms with van der Waals surface area (Å²) in [5.41, 5.74) is 2.15. The number of ether oxygens (including phenoxy) is 1. The van der Waals surface area contributed by atoms with Gasteiger partial charge in [0.1, 0.15) is 5.75 Å². The van der Waals surface area contributed by atoms with Crippen LogP contribution in [0.25, 0.3) is 0 Å². The molecule has 1 aliphatic heterocycles. The van der Waals surface area contributed by atoms with Gasteiger partial charge < -0.3 is 25.6 Å². The van der Waals surface area contributed by atoms with Crippen molar-refractivity contribution >= 4 is 34.8 Å². The van der Waals surface area contributed by atoms with Crippen LogP contribution in [0, 0.1) is 0 Å². The molecule has 3 N–H and O–H groups in total. The van der Waals surface area contributed by atoms with Gasteiger partial charge in [-0.25, -0.2) is 0 Å². The molecule has 0 saturated heterocycles. The minimum Gasteiger partial charge on any atom is -0.477 e. The first-order chi connectivity index (χ1) is 17.0. The quantitative estimate of drug-likeness (QED) is 0.465. The predicted molar refractivity (Wildman–Crippen MR) is 136 cm³/mol. The molecule has 0 aromatic heterocycles. The second-order valence-corrected chi connectivity index (χ2v) is 8.16. The number of anilines is 3. The lowest BCUT2D eigenvalue weighted by Gasteiger charge is -2.35. The summed E-state index contributed by atoms with van der Waals surface area (Å²) in [7, 11) is 0. The topological polar surface area (TPSA) is 99.8 Å². The van der Waals surface area contributed by atoms with Crippen molar-refractivity contribution in [3.63, 3.8) is 0 Å².